The number of aliphatic hydroxyl groups is 1. The van der Waals surface area contributed by atoms with E-state index in [0.717, 1.165) is 17.8 Å². The van der Waals surface area contributed by atoms with Gasteiger partial charge in [0, 0.05) is 0 Å². The predicted octanol–water partition coefficient (Wildman–Crippen LogP) is 1.87. The maximum Gasteiger partial charge on any atom is 0.115 e. The van der Waals surface area contributed by atoms with Crippen molar-refractivity contribution in [3.8, 4) is 5.75 Å². The van der Waals surface area contributed by atoms with E-state index in [9.17, 15) is 5.11 Å². The Balaban J connectivity index is 1.98. The number of allylic oxidation sites excluding steroid dienone is 1. The third kappa shape index (κ3) is 2.84. The van der Waals surface area contributed by atoms with Crippen LogP contribution in [0.15, 0.2) is 41.5 Å². The topological polar surface area (TPSA) is 64.8 Å². The number of aliphatic hydroxyl groups excluding tert-OH is 1. The summed E-state index contributed by atoms with van der Waals surface area (Å²) in [6, 6.07) is 6.70. The number of phenols is 1. The highest BCUT2D eigenvalue weighted by Crippen LogP contribution is 2.14. The lowest BCUT2D eigenvalue weighted by Crippen LogP contribution is -2.12. The van der Waals surface area contributed by atoms with E-state index < -0.39 is 0 Å². The predicted molar refractivity (Wildman–Crippen MR) is 63.5 cm³/mol. The van der Waals surface area contributed by atoms with Crippen LogP contribution in [0.3, 0.4) is 0 Å². The fourth-order valence-corrected chi connectivity index (χ4v) is 1.46. The summed E-state index contributed by atoms with van der Waals surface area (Å²) in [7, 11) is 0. The summed E-state index contributed by atoms with van der Waals surface area (Å²) >= 11 is 0. The summed E-state index contributed by atoms with van der Waals surface area (Å²) in [6.07, 6.45) is 4.70. The van der Waals surface area contributed by atoms with Crippen molar-refractivity contribution < 1.29 is 10.2 Å². The molecular weight excluding hydrogens is 204 g/mol. The van der Waals surface area contributed by atoms with Crippen LogP contribution in [0.2, 0.25) is 0 Å². The average Bonchev–Trinajstić information content (AvgIpc) is 2.30. The number of hydrogen-bond donors (Lipinski definition) is 3. The van der Waals surface area contributed by atoms with Gasteiger partial charge in [0.25, 0.3) is 0 Å². The van der Waals surface area contributed by atoms with Crippen molar-refractivity contribution in [3.63, 3.8) is 0 Å². The molecule has 0 amide bonds. The molecule has 0 fully saturated rings. The number of hydrazone groups is 1. The molecule has 0 aromatic heterocycles. The molecule has 3 N–H and O–H groups in total. The van der Waals surface area contributed by atoms with Gasteiger partial charge in [0.2, 0.25) is 0 Å². The number of benzene rings is 1. The van der Waals surface area contributed by atoms with Crippen LogP contribution in [-0.4, -0.2) is 22.0 Å². The van der Waals surface area contributed by atoms with Gasteiger partial charge in [-0.05, 0) is 43.2 Å². The number of nitrogens with one attached hydrogen (secondary N) is 1. The molecule has 1 unspecified atom stereocenters. The summed E-state index contributed by atoms with van der Waals surface area (Å²) in [6.45, 7) is 0. The molecule has 16 heavy (non-hydrogen) atoms. The monoisotopic (exact) mass is 218 g/mol. The first-order valence-corrected chi connectivity index (χ1v) is 5.22. The molecule has 4 nitrogen and oxygen atoms in total. The molecule has 1 atom stereocenters. The molecule has 0 saturated heterocycles. The van der Waals surface area contributed by atoms with Gasteiger partial charge in [0.05, 0.1) is 17.5 Å². The number of nitrogens with zero attached hydrogens (tertiary/aromatic N) is 1. The fraction of sp³-hybridized carbons (Fsp3) is 0.250. The number of hydrogen-bond acceptors (Lipinski definition) is 4. The summed E-state index contributed by atoms with van der Waals surface area (Å²) < 4.78 is 0. The molecule has 0 heterocycles. The molecule has 0 saturated carbocycles. The van der Waals surface area contributed by atoms with Gasteiger partial charge in [-0.1, -0.05) is 6.08 Å². The third-order valence-electron chi connectivity index (χ3n) is 2.40. The second-order valence-electron chi connectivity index (χ2n) is 3.73. The smallest absolute Gasteiger partial charge is 0.115 e. The molecule has 1 aliphatic carbocycles. The number of aromatic hydroxyl groups is 1. The van der Waals surface area contributed by atoms with E-state index in [1.165, 1.54) is 0 Å². The van der Waals surface area contributed by atoms with E-state index in [4.69, 9.17) is 5.11 Å². The van der Waals surface area contributed by atoms with Crippen molar-refractivity contribution in [2.24, 2.45) is 5.10 Å². The Kier molecular flexibility index (Phi) is 3.22. The van der Waals surface area contributed by atoms with Crippen molar-refractivity contribution in [3.05, 3.63) is 36.4 Å². The fourth-order valence-electron chi connectivity index (χ4n) is 1.46. The SMILES string of the molecule is Oc1ccc(N/N=C2/C=CC(O)CC2)cc1. The molecule has 1 aromatic rings. The highest BCUT2D eigenvalue weighted by Gasteiger charge is 2.07. The Labute approximate surface area is 93.9 Å². The molecule has 4 heteroatoms. The van der Waals surface area contributed by atoms with E-state index in [1.807, 2.05) is 6.08 Å². The van der Waals surface area contributed by atoms with Gasteiger partial charge in [0.1, 0.15) is 5.75 Å². The van der Waals surface area contributed by atoms with Crippen LogP contribution in [-0.2, 0) is 0 Å². The Morgan fingerprint density at radius 2 is 2.00 bits per heavy atom. The lowest BCUT2D eigenvalue weighted by atomic mass is 10.0. The summed E-state index contributed by atoms with van der Waals surface area (Å²) in [5, 5.41) is 22.6. The lowest BCUT2D eigenvalue weighted by molar-refractivity contribution is 0.213. The first kappa shape index (κ1) is 10.7. The standard InChI is InChI=1S/C12H14N2O2/c15-11-5-1-9(2-6-11)13-14-10-3-7-12(16)8-4-10/h1-3,5-7,12-13,15-16H,4,8H2/b14-10-. The van der Waals surface area contributed by atoms with Gasteiger partial charge in [-0.15, -0.1) is 0 Å². The Morgan fingerprint density at radius 1 is 1.25 bits per heavy atom. The van der Waals surface area contributed by atoms with Crippen molar-refractivity contribution >= 4 is 11.4 Å². The Hall–Kier alpha value is -1.81. The molecular formula is C12H14N2O2. The molecule has 84 valence electrons. The number of rotatable bonds is 2. The summed E-state index contributed by atoms with van der Waals surface area (Å²) in [5.74, 6) is 0.235. The molecule has 2 rings (SSSR count). The van der Waals surface area contributed by atoms with Gasteiger partial charge >= 0.3 is 0 Å². The summed E-state index contributed by atoms with van der Waals surface area (Å²) in [5.41, 5.74) is 4.64. The zero-order valence-corrected chi connectivity index (χ0v) is 8.80. The van der Waals surface area contributed by atoms with Crippen LogP contribution in [0.1, 0.15) is 12.8 Å². The van der Waals surface area contributed by atoms with Crippen molar-refractivity contribution in [1.82, 2.24) is 0 Å². The molecule has 0 radical (unpaired) electrons. The number of phenolic OH excluding ortho intramolecular Hbond substituents is 1. The first-order chi connectivity index (χ1) is 7.74. The maximum absolute atomic E-state index is 9.25. The number of anilines is 1. The quantitative estimate of drug-likeness (QED) is 0.524. The van der Waals surface area contributed by atoms with Gasteiger partial charge in [-0.25, -0.2) is 0 Å². The molecule has 0 aliphatic heterocycles. The molecule has 1 aromatic carbocycles. The van der Waals surface area contributed by atoms with Gasteiger partial charge in [-0.2, -0.15) is 5.10 Å². The second kappa shape index (κ2) is 4.81. The zero-order chi connectivity index (χ0) is 11.4. The second-order valence-corrected chi connectivity index (χ2v) is 3.73. The van der Waals surface area contributed by atoms with E-state index >= 15 is 0 Å². The van der Waals surface area contributed by atoms with Crippen LogP contribution in [0, 0.1) is 0 Å². The third-order valence-corrected chi connectivity index (χ3v) is 2.40. The molecule has 0 bridgehead atoms. The van der Waals surface area contributed by atoms with E-state index in [2.05, 4.69) is 10.5 Å². The van der Waals surface area contributed by atoms with Crippen LogP contribution < -0.4 is 5.43 Å². The first-order valence-electron chi connectivity index (χ1n) is 5.22. The van der Waals surface area contributed by atoms with Gasteiger partial charge in [0.15, 0.2) is 0 Å². The Bertz CT molecular complexity index is 410. The molecule has 1 aliphatic rings. The highest BCUT2D eigenvalue weighted by atomic mass is 16.3. The summed E-state index contributed by atoms with van der Waals surface area (Å²) in [4.78, 5) is 0. The van der Waals surface area contributed by atoms with E-state index in [-0.39, 0.29) is 11.9 Å². The van der Waals surface area contributed by atoms with Crippen molar-refractivity contribution in [2.75, 3.05) is 5.43 Å². The van der Waals surface area contributed by atoms with Crippen molar-refractivity contribution in [2.45, 2.75) is 18.9 Å². The van der Waals surface area contributed by atoms with Crippen LogP contribution in [0.25, 0.3) is 0 Å². The minimum absolute atomic E-state index is 0.235. The van der Waals surface area contributed by atoms with E-state index in [0.29, 0.717) is 6.42 Å². The van der Waals surface area contributed by atoms with Gasteiger partial charge < -0.3 is 10.2 Å². The molecule has 0 spiro atoms. The normalized spacial score (nSPS) is 22.3. The lowest BCUT2D eigenvalue weighted by Gasteiger charge is -2.11. The zero-order valence-electron chi connectivity index (χ0n) is 8.80. The van der Waals surface area contributed by atoms with Crippen molar-refractivity contribution in [1.29, 1.82) is 0 Å². The van der Waals surface area contributed by atoms with E-state index in [1.54, 1.807) is 30.3 Å². The largest absolute Gasteiger partial charge is 0.508 e. The van der Waals surface area contributed by atoms with Crippen LogP contribution >= 0.6 is 0 Å². The minimum Gasteiger partial charge on any atom is -0.508 e. The van der Waals surface area contributed by atoms with Crippen LogP contribution in [0.5, 0.6) is 5.75 Å². The maximum atomic E-state index is 9.25. The van der Waals surface area contributed by atoms with Gasteiger partial charge in [-0.3, -0.25) is 5.43 Å². The highest BCUT2D eigenvalue weighted by molar-refractivity contribution is 5.96. The minimum atomic E-state index is -0.340. The Morgan fingerprint density at radius 3 is 2.62 bits per heavy atom. The average molecular weight is 218 g/mol. The van der Waals surface area contributed by atoms with Crippen LogP contribution in [0.4, 0.5) is 5.69 Å².